The lowest BCUT2D eigenvalue weighted by Crippen LogP contribution is -2.03. The van der Waals surface area contributed by atoms with Crippen LogP contribution in [-0.4, -0.2) is 20.9 Å². The summed E-state index contributed by atoms with van der Waals surface area (Å²) in [5, 5.41) is 4.74. The summed E-state index contributed by atoms with van der Waals surface area (Å²) >= 11 is 1.65. The first-order chi connectivity index (χ1) is 10.8. The van der Waals surface area contributed by atoms with Gasteiger partial charge in [0, 0.05) is 17.6 Å². The normalized spacial score (nSPS) is 13.2. The fraction of sp³-hybridized carbons (Fsp3) is 0.125. The number of anilines is 1. The molecular weight excluding hydrogens is 296 g/mol. The maximum Gasteiger partial charge on any atom is 0.228 e. The summed E-state index contributed by atoms with van der Waals surface area (Å²) in [5.41, 5.74) is 3.88. The number of aromatic nitrogens is 3. The van der Waals surface area contributed by atoms with Crippen LogP contribution in [0.4, 0.5) is 5.69 Å². The molecule has 2 aromatic heterocycles. The van der Waals surface area contributed by atoms with E-state index in [1.54, 1.807) is 24.3 Å². The first-order valence-corrected chi connectivity index (χ1v) is 7.88. The maximum atomic E-state index is 11.4. The maximum absolute atomic E-state index is 11.4. The third kappa shape index (κ3) is 2.42. The molecule has 0 unspecified atom stereocenters. The van der Waals surface area contributed by atoms with E-state index in [4.69, 9.17) is 0 Å². The minimum absolute atomic E-state index is 0.0627. The molecule has 0 saturated heterocycles. The molecule has 0 aliphatic carbocycles. The molecule has 1 amide bonds. The molecule has 0 radical (unpaired) electrons. The second kappa shape index (κ2) is 5.38. The van der Waals surface area contributed by atoms with Gasteiger partial charge in [0.1, 0.15) is 11.4 Å². The lowest BCUT2D eigenvalue weighted by Gasteiger charge is -2.06. The van der Waals surface area contributed by atoms with Crippen molar-refractivity contribution in [2.45, 2.75) is 17.2 Å². The Hall–Kier alpha value is -2.47. The average molecular weight is 308 g/mol. The predicted molar refractivity (Wildman–Crippen MR) is 85.7 cm³/mol. The van der Waals surface area contributed by atoms with E-state index in [2.05, 4.69) is 26.3 Å². The van der Waals surface area contributed by atoms with E-state index >= 15 is 0 Å². The number of amides is 1. The van der Waals surface area contributed by atoms with E-state index in [0.717, 1.165) is 27.4 Å². The van der Waals surface area contributed by atoms with E-state index in [-0.39, 0.29) is 5.91 Å². The minimum Gasteiger partial charge on any atom is -0.326 e. The van der Waals surface area contributed by atoms with Gasteiger partial charge in [-0.1, -0.05) is 12.1 Å². The van der Waals surface area contributed by atoms with Crippen molar-refractivity contribution < 1.29 is 4.79 Å². The van der Waals surface area contributed by atoms with Crippen LogP contribution in [0.1, 0.15) is 11.1 Å². The zero-order valence-corrected chi connectivity index (χ0v) is 12.4. The monoisotopic (exact) mass is 308 g/mol. The smallest absolute Gasteiger partial charge is 0.228 e. The van der Waals surface area contributed by atoms with Gasteiger partial charge in [0.15, 0.2) is 5.65 Å². The van der Waals surface area contributed by atoms with Gasteiger partial charge in [-0.25, -0.2) is 15.0 Å². The van der Waals surface area contributed by atoms with Crippen molar-refractivity contribution in [3.8, 4) is 0 Å². The van der Waals surface area contributed by atoms with Crippen molar-refractivity contribution in [2.75, 3.05) is 5.32 Å². The molecule has 1 N–H and O–H groups in total. The van der Waals surface area contributed by atoms with Gasteiger partial charge in [0.05, 0.1) is 11.8 Å². The molecule has 0 atom stereocenters. The standard InChI is InChI=1S/C16H12N4OS/c21-14-7-11-6-10(3-4-13(11)20-14)8-22-16-12-2-1-5-17-15(12)18-9-19-16/h1-6,9H,7-8H2,(H,20,21). The van der Waals surface area contributed by atoms with Crippen molar-refractivity contribution in [1.29, 1.82) is 0 Å². The summed E-state index contributed by atoms with van der Waals surface area (Å²) < 4.78 is 0. The number of fused-ring (bicyclic) bond motifs is 2. The average Bonchev–Trinajstić information content (AvgIpc) is 2.92. The molecule has 3 aromatic rings. The molecule has 3 heterocycles. The molecule has 108 valence electrons. The van der Waals surface area contributed by atoms with Crippen LogP contribution in [0.3, 0.4) is 0 Å². The number of benzene rings is 1. The highest BCUT2D eigenvalue weighted by molar-refractivity contribution is 7.98. The van der Waals surface area contributed by atoms with Crippen LogP contribution >= 0.6 is 11.8 Å². The number of thioether (sulfide) groups is 1. The molecule has 0 spiro atoms. The number of nitrogens with zero attached hydrogens (tertiary/aromatic N) is 3. The van der Waals surface area contributed by atoms with E-state index in [1.165, 1.54) is 5.56 Å². The number of nitrogens with one attached hydrogen (secondary N) is 1. The van der Waals surface area contributed by atoms with Gasteiger partial charge in [-0.2, -0.15) is 0 Å². The second-order valence-corrected chi connectivity index (χ2v) is 6.02. The molecule has 22 heavy (non-hydrogen) atoms. The third-order valence-corrected chi connectivity index (χ3v) is 4.62. The van der Waals surface area contributed by atoms with Crippen molar-refractivity contribution in [3.63, 3.8) is 0 Å². The van der Waals surface area contributed by atoms with Gasteiger partial charge in [0.25, 0.3) is 0 Å². The lowest BCUT2D eigenvalue weighted by atomic mass is 10.1. The molecule has 1 aliphatic rings. The van der Waals surface area contributed by atoms with Gasteiger partial charge in [0.2, 0.25) is 5.91 Å². The zero-order chi connectivity index (χ0) is 14.9. The molecule has 1 aromatic carbocycles. The number of pyridine rings is 1. The Labute approximate surface area is 131 Å². The Balaban J connectivity index is 1.57. The van der Waals surface area contributed by atoms with E-state index in [1.807, 2.05) is 24.3 Å². The first kappa shape index (κ1) is 13.2. The van der Waals surface area contributed by atoms with Gasteiger partial charge in [-0.05, 0) is 29.3 Å². The molecule has 1 aliphatic heterocycles. The third-order valence-electron chi connectivity index (χ3n) is 3.54. The Morgan fingerprint density at radius 2 is 2.14 bits per heavy atom. The van der Waals surface area contributed by atoms with Crippen LogP contribution in [-0.2, 0) is 17.0 Å². The lowest BCUT2D eigenvalue weighted by molar-refractivity contribution is -0.115. The Morgan fingerprint density at radius 3 is 3.09 bits per heavy atom. The summed E-state index contributed by atoms with van der Waals surface area (Å²) in [6.45, 7) is 0. The first-order valence-electron chi connectivity index (χ1n) is 6.90. The number of carbonyl (C=O) groups is 1. The topological polar surface area (TPSA) is 67.8 Å². The van der Waals surface area contributed by atoms with Crippen LogP contribution in [0.15, 0.2) is 47.9 Å². The van der Waals surface area contributed by atoms with Crippen LogP contribution in [0.5, 0.6) is 0 Å². The minimum atomic E-state index is 0.0627. The van der Waals surface area contributed by atoms with E-state index in [9.17, 15) is 4.79 Å². The highest BCUT2D eigenvalue weighted by Crippen LogP contribution is 2.29. The fourth-order valence-electron chi connectivity index (χ4n) is 2.51. The SMILES string of the molecule is O=C1Cc2cc(CSc3ncnc4ncccc34)ccc2N1. The summed E-state index contributed by atoms with van der Waals surface area (Å²) in [7, 11) is 0. The van der Waals surface area contributed by atoms with Gasteiger partial charge >= 0.3 is 0 Å². The highest BCUT2D eigenvalue weighted by atomic mass is 32.2. The molecule has 5 nitrogen and oxygen atoms in total. The van der Waals surface area contributed by atoms with Crippen LogP contribution < -0.4 is 5.32 Å². The predicted octanol–water partition coefficient (Wildman–Crippen LogP) is 2.81. The quantitative estimate of drug-likeness (QED) is 0.595. The molecule has 6 heteroatoms. The molecule has 0 saturated carbocycles. The van der Waals surface area contributed by atoms with Crippen LogP contribution in [0.2, 0.25) is 0 Å². The zero-order valence-electron chi connectivity index (χ0n) is 11.6. The van der Waals surface area contributed by atoms with Crippen molar-refractivity contribution in [1.82, 2.24) is 15.0 Å². The number of hydrogen-bond acceptors (Lipinski definition) is 5. The van der Waals surface area contributed by atoms with Crippen molar-refractivity contribution in [2.24, 2.45) is 0 Å². The summed E-state index contributed by atoms with van der Waals surface area (Å²) in [6.07, 6.45) is 3.74. The summed E-state index contributed by atoms with van der Waals surface area (Å²) in [5.74, 6) is 0.857. The molecule has 0 bridgehead atoms. The van der Waals surface area contributed by atoms with Crippen molar-refractivity contribution >= 4 is 34.4 Å². The molecular formula is C16H12N4OS. The van der Waals surface area contributed by atoms with Crippen molar-refractivity contribution in [3.05, 3.63) is 54.0 Å². The van der Waals surface area contributed by atoms with Crippen LogP contribution in [0, 0.1) is 0 Å². The Morgan fingerprint density at radius 1 is 1.18 bits per heavy atom. The van der Waals surface area contributed by atoms with E-state index < -0.39 is 0 Å². The van der Waals surface area contributed by atoms with Gasteiger partial charge in [-0.15, -0.1) is 11.8 Å². The molecule has 4 rings (SSSR count). The number of hydrogen-bond donors (Lipinski definition) is 1. The number of carbonyl (C=O) groups excluding carboxylic acids is 1. The highest BCUT2D eigenvalue weighted by Gasteiger charge is 2.17. The molecule has 0 fully saturated rings. The van der Waals surface area contributed by atoms with Gasteiger partial charge < -0.3 is 5.32 Å². The Bertz CT molecular complexity index is 876. The Kier molecular flexibility index (Phi) is 3.23. The summed E-state index contributed by atoms with van der Waals surface area (Å²) in [4.78, 5) is 24.2. The number of rotatable bonds is 3. The van der Waals surface area contributed by atoms with Crippen LogP contribution in [0.25, 0.3) is 11.0 Å². The van der Waals surface area contributed by atoms with E-state index in [0.29, 0.717) is 12.1 Å². The summed E-state index contributed by atoms with van der Waals surface area (Å²) in [6, 6.07) is 9.97. The fourth-order valence-corrected chi connectivity index (χ4v) is 3.43. The van der Waals surface area contributed by atoms with Gasteiger partial charge in [-0.3, -0.25) is 4.79 Å². The second-order valence-electron chi connectivity index (χ2n) is 5.06. The largest absolute Gasteiger partial charge is 0.326 e.